The molecule has 1 aliphatic heterocycles. The van der Waals surface area contributed by atoms with Gasteiger partial charge in [0, 0.05) is 6.54 Å². The van der Waals surface area contributed by atoms with Gasteiger partial charge in [-0.25, -0.2) is 0 Å². The monoisotopic (exact) mass is 469 g/mol. The van der Waals surface area contributed by atoms with E-state index in [1.54, 1.807) is 14.2 Å². The first-order valence-corrected chi connectivity index (χ1v) is 11.7. The smallest absolute Gasteiger partial charge is 0.163 e. The molecular weight excluding hydrogens is 438 g/mol. The molecule has 1 unspecified atom stereocenters. The molecule has 0 bridgehead atoms. The predicted octanol–water partition coefficient (Wildman–Crippen LogP) is 5.50. The van der Waals surface area contributed by atoms with Crippen LogP contribution in [0, 0.1) is 19.3 Å². The summed E-state index contributed by atoms with van der Waals surface area (Å²) in [6.07, 6.45) is 10.6. The minimum atomic E-state index is 0.0485. The van der Waals surface area contributed by atoms with E-state index in [4.69, 9.17) is 25.4 Å². The normalized spacial score (nSPS) is 14.7. The summed E-state index contributed by atoms with van der Waals surface area (Å²) >= 11 is 0. The second-order valence-electron chi connectivity index (χ2n) is 8.37. The van der Waals surface area contributed by atoms with E-state index in [2.05, 4.69) is 54.6 Å². The Morgan fingerprint density at radius 1 is 0.971 bits per heavy atom. The highest BCUT2D eigenvalue weighted by Gasteiger charge is 2.21. The Labute approximate surface area is 207 Å². The number of aryl methyl sites for hydroxylation is 1. The van der Waals surface area contributed by atoms with Crippen molar-refractivity contribution in [1.29, 1.82) is 0 Å². The lowest BCUT2D eigenvalue weighted by atomic mass is 9.92. The second kappa shape index (κ2) is 11.5. The largest absolute Gasteiger partial charge is 0.493 e. The third-order valence-electron chi connectivity index (χ3n) is 6.09. The van der Waals surface area contributed by atoms with Gasteiger partial charge in [-0.05, 0) is 65.4 Å². The van der Waals surface area contributed by atoms with Crippen molar-refractivity contribution in [2.24, 2.45) is 0 Å². The minimum Gasteiger partial charge on any atom is -0.493 e. The van der Waals surface area contributed by atoms with Crippen LogP contribution in [0.15, 0.2) is 60.7 Å². The molecule has 0 aromatic heterocycles. The number of methoxy groups -OCH3 is 2. The molecule has 0 saturated carbocycles. The Balaban J connectivity index is 1.58. The van der Waals surface area contributed by atoms with Gasteiger partial charge in [-0.15, -0.1) is 6.42 Å². The molecule has 180 valence electrons. The number of rotatable bonds is 9. The number of ether oxygens (including phenoxy) is 4. The van der Waals surface area contributed by atoms with E-state index >= 15 is 0 Å². The highest BCUT2D eigenvalue weighted by molar-refractivity contribution is 5.61. The molecule has 1 N–H and O–H groups in total. The van der Waals surface area contributed by atoms with Crippen molar-refractivity contribution in [2.45, 2.75) is 26.0 Å². The highest BCUT2D eigenvalue weighted by atomic mass is 16.5. The van der Waals surface area contributed by atoms with Gasteiger partial charge in [-0.2, -0.15) is 0 Å². The maximum atomic E-state index is 6.12. The molecule has 3 aromatic rings. The topological polar surface area (TPSA) is 49.0 Å². The molecule has 0 spiro atoms. The van der Waals surface area contributed by atoms with E-state index in [0.29, 0.717) is 18.1 Å². The standard InChI is InChI=1S/C30H31NO4/c1-5-15-34-29-17-23(21(2)16-27(29)32-3)11-12-26-25-19-28(33-4)30(18-24(25)13-14-31-26)35-20-22-9-7-6-8-10-22/h1,6-12,16-19,26,31H,13-15,20H2,2-4H3/b12-11+. The van der Waals surface area contributed by atoms with E-state index < -0.39 is 0 Å². The highest BCUT2D eigenvalue weighted by Crippen LogP contribution is 2.37. The zero-order valence-corrected chi connectivity index (χ0v) is 20.5. The van der Waals surface area contributed by atoms with E-state index in [9.17, 15) is 0 Å². The maximum absolute atomic E-state index is 6.12. The molecule has 5 nitrogen and oxygen atoms in total. The lowest BCUT2D eigenvalue weighted by Crippen LogP contribution is -2.28. The Bertz CT molecular complexity index is 1230. The number of fused-ring (bicyclic) bond motifs is 1. The number of nitrogens with one attached hydrogen (secondary N) is 1. The van der Waals surface area contributed by atoms with Crippen LogP contribution in [-0.4, -0.2) is 27.4 Å². The molecule has 3 aromatic carbocycles. The maximum Gasteiger partial charge on any atom is 0.163 e. The summed E-state index contributed by atoms with van der Waals surface area (Å²) in [5.74, 6) is 5.30. The third kappa shape index (κ3) is 5.79. The molecule has 1 atom stereocenters. The Morgan fingerprint density at radius 3 is 2.46 bits per heavy atom. The third-order valence-corrected chi connectivity index (χ3v) is 6.09. The summed E-state index contributed by atoms with van der Waals surface area (Å²) in [6.45, 7) is 3.62. The first-order chi connectivity index (χ1) is 17.1. The van der Waals surface area contributed by atoms with Crippen molar-refractivity contribution in [3.8, 4) is 35.3 Å². The molecule has 0 amide bonds. The van der Waals surface area contributed by atoms with Crippen LogP contribution < -0.4 is 24.3 Å². The summed E-state index contributed by atoms with van der Waals surface area (Å²) in [5, 5.41) is 3.60. The van der Waals surface area contributed by atoms with Crippen LogP contribution in [-0.2, 0) is 13.0 Å². The summed E-state index contributed by atoms with van der Waals surface area (Å²) in [6, 6.07) is 18.3. The average molecular weight is 470 g/mol. The van der Waals surface area contributed by atoms with Gasteiger partial charge < -0.3 is 24.3 Å². The van der Waals surface area contributed by atoms with Gasteiger partial charge in [0.2, 0.25) is 0 Å². The molecule has 35 heavy (non-hydrogen) atoms. The minimum absolute atomic E-state index is 0.0485. The Morgan fingerprint density at radius 2 is 1.71 bits per heavy atom. The van der Waals surface area contributed by atoms with E-state index in [1.165, 1.54) is 11.1 Å². The number of hydrogen-bond acceptors (Lipinski definition) is 5. The van der Waals surface area contributed by atoms with Gasteiger partial charge in [0.25, 0.3) is 0 Å². The van der Waals surface area contributed by atoms with Crippen LogP contribution in [0.3, 0.4) is 0 Å². The van der Waals surface area contributed by atoms with Gasteiger partial charge in [0.05, 0.1) is 20.3 Å². The lowest BCUT2D eigenvalue weighted by Gasteiger charge is -2.26. The van der Waals surface area contributed by atoms with Crippen LogP contribution in [0.4, 0.5) is 0 Å². The fourth-order valence-corrected chi connectivity index (χ4v) is 4.22. The Hall–Kier alpha value is -3.88. The van der Waals surface area contributed by atoms with Crippen molar-refractivity contribution in [3.05, 3.63) is 88.5 Å². The number of hydrogen-bond donors (Lipinski definition) is 1. The van der Waals surface area contributed by atoms with Crippen LogP contribution in [0.25, 0.3) is 6.08 Å². The molecule has 5 heteroatoms. The number of benzene rings is 3. The van der Waals surface area contributed by atoms with E-state index in [0.717, 1.165) is 41.2 Å². The van der Waals surface area contributed by atoms with Crippen LogP contribution in [0.2, 0.25) is 0 Å². The zero-order chi connectivity index (χ0) is 24.6. The fraction of sp³-hybridized carbons (Fsp3) is 0.267. The number of terminal acetylenes is 1. The molecule has 1 aliphatic rings. The van der Waals surface area contributed by atoms with Crippen molar-refractivity contribution in [2.75, 3.05) is 27.4 Å². The van der Waals surface area contributed by atoms with Crippen molar-refractivity contribution in [3.63, 3.8) is 0 Å². The Kier molecular flexibility index (Phi) is 7.97. The second-order valence-corrected chi connectivity index (χ2v) is 8.37. The average Bonchev–Trinajstić information content (AvgIpc) is 2.90. The molecule has 4 rings (SSSR count). The molecule has 0 saturated heterocycles. The van der Waals surface area contributed by atoms with Crippen LogP contribution >= 0.6 is 0 Å². The summed E-state index contributed by atoms with van der Waals surface area (Å²) in [5.41, 5.74) is 5.69. The van der Waals surface area contributed by atoms with Gasteiger partial charge in [-0.1, -0.05) is 48.4 Å². The van der Waals surface area contributed by atoms with E-state index in [1.807, 2.05) is 30.3 Å². The van der Waals surface area contributed by atoms with Crippen LogP contribution in [0.5, 0.6) is 23.0 Å². The first kappa shape index (κ1) is 24.3. The summed E-state index contributed by atoms with van der Waals surface area (Å²) < 4.78 is 22.9. The van der Waals surface area contributed by atoms with Crippen molar-refractivity contribution < 1.29 is 18.9 Å². The van der Waals surface area contributed by atoms with Gasteiger partial charge in [0.15, 0.2) is 23.0 Å². The zero-order valence-electron chi connectivity index (χ0n) is 20.5. The molecule has 0 radical (unpaired) electrons. The van der Waals surface area contributed by atoms with Crippen molar-refractivity contribution >= 4 is 6.08 Å². The van der Waals surface area contributed by atoms with Gasteiger partial charge >= 0.3 is 0 Å². The molecular formula is C30H31NO4. The first-order valence-electron chi connectivity index (χ1n) is 11.7. The lowest BCUT2D eigenvalue weighted by molar-refractivity contribution is 0.283. The predicted molar refractivity (Wildman–Crippen MR) is 139 cm³/mol. The summed E-state index contributed by atoms with van der Waals surface area (Å²) in [4.78, 5) is 0. The van der Waals surface area contributed by atoms with E-state index in [-0.39, 0.29) is 12.6 Å². The van der Waals surface area contributed by atoms with Gasteiger partial charge in [0.1, 0.15) is 13.2 Å². The molecule has 0 fully saturated rings. The van der Waals surface area contributed by atoms with Crippen molar-refractivity contribution in [1.82, 2.24) is 5.32 Å². The van der Waals surface area contributed by atoms with Gasteiger partial charge in [-0.3, -0.25) is 0 Å². The molecule has 1 heterocycles. The quantitative estimate of drug-likeness (QED) is 0.419. The summed E-state index contributed by atoms with van der Waals surface area (Å²) in [7, 11) is 3.30. The fourth-order valence-electron chi connectivity index (χ4n) is 4.22. The molecule has 0 aliphatic carbocycles. The SMILES string of the molecule is C#CCOc1cc(/C=C/C2NCCc3cc(OCc4ccccc4)c(OC)cc32)c(C)cc1OC. The van der Waals surface area contributed by atoms with Crippen LogP contribution in [0.1, 0.15) is 33.9 Å².